The van der Waals surface area contributed by atoms with E-state index in [4.69, 9.17) is 0 Å². The summed E-state index contributed by atoms with van der Waals surface area (Å²) < 4.78 is 1.82. The molecule has 4 aromatic rings. The summed E-state index contributed by atoms with van der Waals surface area (Å²) in [6.45, 7) is 4.09. The van der Waals surface area contributed by atoms with Gasteiger partial charge in [-0.25, -0.2) is 0 Å². The Morgan fingerprint density at radius 1 is 1.15 bits per heavy atom. The minimum atomic E-state index is -0.153. The second-order valence-electron chi connectivity index (χ2n) is 6.40. The number of aromatic amines is 1. The molecule has 0 saturated heterocycles. The van der Waals surface area contributed by atoms with Gasteiger partial charge in [-0.05, 0) is 49.7 Å². The number of nitrogens with one attached hydrogen (secondary N) is 2. The van der Waals surface area contributed by atoms with Crippen LogP contribution in [-0.4, -0.2) is 25.7 Å². The minimum absolute atomic E-state index is 0.153. The highest BCUT2D eigenvalue weighted by molar-refractivity contribution is 6.08. The molecule has 0 aliphatic carbocycles. The molecule has 0 atom stereocenters. The van der Waals surface area contributed by atoms with Crippen molar-refractivity contribution in [3.05, 3.63) is 65.6 Å². The Kier molecular flexibility index (Phi) is 3.80. The SMILES string of the molecule is Cc1[nH]c2ccc(C(=O)Nc3ccccc3-c3nncn3C)cc2c1C. The number of fused-ring (bicyclic) bond motifs is 1. The first-order chi connectivity index (χ1) is 12.5. The van der Waals surface area contributed by atoms with E-state index in [1.807, 2.05) is 61.0 Å². The lowest BCUT2D eigenvalue weighted by Gasteiger charge is -2.10. The summed E-state index contributed by atoms with van der Waals surface area (Å²) in [6, 6.07) is 13.3. The zero-order valence-electron chi connectivity index (χ0n) is 14.9. The van der Waals surface area contributed by atoms with Gasteiger partial charge in [0.1, 0.15) is 6.33 Å². The first kappa shape index (κ1) is 16.1. The van der Waals surface area contributed by atoms with Crippen LogP contribution in [0, 0.1) is 13.8 Å². The number of carbonyl (C=O) groups is 1. The summed E-state index contributed by atoms with van der Waals surface area (Å²) in [5, 5.41) is 12.1. The number of amides is 1. The third-order valence-electron chi connectivity index (χ3n) is 4.70. The number of benzene rings is 2. The molecule has 2 aromatic carbocycles. The average molecular weight is 345 g/mol. The number of anilines is 1. The third-order valence-corrected chi connectivity index (χ3v) is 4.70. The van der Waals surface area contributed by atoms with E-state index in [0.29, 0.717) is 17.1 Å². The number of carbonyl (C=O) groups excluding carboxylic acids is 1. The van der Waals surface area contributed by atoms with E-state index < -0.39 is 0 Å². The van der Waals surface area contributed by atoms with Crippen LogP contribution in [0.2, 0.25) is 0 Å². The van der Waals surface area contributed by atoms with Gasteiger partial charge in [0.15, 0.2) is 5.82 Å². The summed E-state index contributed by atoms with van der Waals surface area (Å²) in [5.41, 5.74) is 5.47. The summed E-state index contributed by atoms with van der Waals surface area (Å²) >= 11 is 0. The molecule has 2 aromatic heterocycles. The minimum Gasteiger partial charge on any atom is -0.358 e. The largest absolute Gasteiger partial charge is 0.358 e. The standard InChI is InChI=1S/C20H19N5O/c1-12-13(2)22-18-9-8-14(10-16(12)18)20(26)23-17-7-5-4-6-15(17)19-24-21-11-25(19)3/h4-11,22H,1-3H3,(H,23,26). The first-order valence-corrected chi connectivity index (χ1v) is 8.38. The molecule has 0 aliphatic heterocycles. The van der Waals surface area contributed by atoms with Crippen LogP contribution in [0.1, 0.15) is 21.6 Å². The van der Waals surface area contributed by atoms with Gasteiger partial charge in [-0.1, -0.05) is 12.1 Å². The molecule has 1 amide bonds. The van der Waals surface area contributed by atoms with E-state index in [1.54, 1.807) is 6.33 Å². The fraction of sp³-hybridized carbons (Fsp3) is 0.150. The van der Waals surface area contributed by atoms with Gasteiger partial charge in [-0.2, -0.15) is 0 Å². The van der Waals surface area contributed by atoms with Crippen LogP contribution in [0.25, 0.3) is 22.3 Å². The predicted octanol–water partition coefficient (Wildman–Crippen LogP) is 3.83. The van der Waals surface area contributed by atoms with Crippen molar-refractivity contribution in [1.82, 2.24) is 19.7 Å². The van der Waals surface area contributed by atoms with Gasteiger partial charge >= 0.3 is 0 Å². The Morgan fingerprint density at radius 3 is 2.73 bits per heavy atom. The second kappa shape index (κ2) is 6.15. The highest BCUT2D eigenvalue weighted by Crippen LogP contribution is 2.27. The molecule has 0 spiro atoms. The molecule has 26 heavy (non-hydrogen) atoms. The van der Waals surface area contributed by atoms with Gasteiger partial charge in [0.2, 0.25) is 0 Å². The van der Waals surface area contributed by atoms with Crippen LogP contribution in [0.3, 0.4) is 0 Å². The maximum absolute atomic E-state index is 12.8. The Bertz CT molecular complexity index is 1120. The number of aryl methyl sites for hydroxylation is 3. The predicted molar refractivity (Wildman–Crippen MR) is 102 cm³/mol. The number of rotatable bonds is 3. The number of nitrogens with zero attached hydrogens (tertiary/aromatic N) is 3. The number of hydrogen-bond donors (Lipinski definition) is 2. The Morgan fingerprint density at radius 2 is 1.96 bits per heavy atom. The maximum atomic E-state index is 12.8. The Balaban J connectivity index is 1.69. The smallest absolute Gasteiger partial charge is 0.255 e. The van der Waals surface area contributed by atoms with Crippen LogP contribution >= 0.6 is 0 Å². The van der Waals surface area contributed by atoms with Gasteiger partial charge in [0.05, 0.1) is 5.69 Å². The topological polar surface area (TPSA) is 75.6 Å². The normalized spacial score (nSPS) is 11.0. The van der Waals surface area contributed by atoms with E-state index in [0.717, 1.165) is 27.7 Å². The lowest BCUT2D eigenvalue weighted by Crippen LogP contribution is -2.13. The Hall–Kier alpha value is -3.41. The molecule has 2 N–H and O–H groups in total. The van der Waals surface area contributed by atoms with Gasteiger partial charge in [0, 0.05) is 34.8 Å². The van der Waals surface area contributed by atoms with Gasteiger partial charge in [-0.15, -0.1) is 10.2 Å². The van der Waals surface area contributed by atoms with Crippen molar-refractivity contribution in [2.75, 3.05) is 5.32 Å². The van der Waals surface area contributed by atoms with Gasteiger partial charge in [0.25, 0.3) is 5.91 Å². The van der Waals surface area contributed by atoms with Crippen LogP contribution < -0.4 is 5.32 Å². The molecule has 0 fully saturated rings. The molecule has 0 saturated carbocycles. The summed E-state index contributed by atoms with van der Waals surface area (Å²) in [7, 11) is 1.87. The third kappa shape index (κ3) is 2.65. The fourth-order valence-electron chi connectivity index (χ4n) is 3.11. The number of para-hydroxylation sites is 1. The van der Waals surface area contributed by atoms with E-state index in [2.05, 4.69) is 27.4 Å². The summed E-state index contributed by atoms with van der Waals surface area (Å²) in [6.07, 6.45) is 1.64. The molecule has 0 radical (unpaired) electrons. The molecule has 0 bridgehead atoms. The van der Waals surface area contributed by atoms with Crippen LogP contribution in [-0.2, 0) is 7.05 Å². The highest BCUT2D eigenvalue weighted by Gasteiger charge is 2.14. The van der Waals surface area contributed by atoms with Gasteiger partial charge in [-0.3, -0.25) is 4.79 Å². The summed E-state index contributed by atoms with van der Waals surface area (Å²) in [5.74, 6) is 0.549. The second-order valence-corrected chi connectivity index (χ2v) is 6.40. The molecule has 0 aliphatic rings. The van der Waals surface area contributed by atoms with Crippen molar-refractivity contribution in [3.8, 4) is 11.4 Å². The van der Waals surface area contributed by atoms with Crippen LogP contribution in [0.4, 0.5) is 5.69 Å². The average Bonchev–Trinajstić information content (AvgIpc) is 3.19. The molecule has 6 nitrogen and oxygen atoms in total. The molecular formula is C20H19N5O. The highest BCUT2D eigenvalue weighted by atomic mass is 16.1. The fourth-order valence-corrected chi connectivity index (χ4v) is 3.11. The first-order valence-electron chi connectivity index (χ1n) is 8.38. The quantitative estimate of drug-likeness (QED) is 0.592. The zero-order chi connectivity index (χ0) is 18.3. The zero-order valence-corrected chi connectivity index (χ0v) is 14.9. The van der Waals surface area contributed by atoms with Crippen molar-refractivity contribution in [2.45, 2.75) is 13.8 Å². The molecule has 0 unspecified atom stereocenters. The molecule has 130 valence electrons. The van der Waals surface area contributed by atoms with Crippen molar-refractivity contribution < 1.29 is 4.79 Å². The van der Waals surface area contributed by atoms with E-state index in [-0.39, 0.29) is 5.91 Å². The number of hydrogen-bond acceptors (Lipinski definition) is 3. The summed E-state index contributed by atoms with van der Waals surface area (Å²) in [4.78, 5) is 16.1. The lowest BCUT2D eigenvalue weighted by atomic mass is 10.1. The van der Waals surface area contributed by atoms with E-state index in [9.17, 15) is 4.79 Å². The monoisotopic (exact) mass is 345 g/mol. The molecule has 2 heterocycles. The van der Waals surface area contributed by atoms with Crippen molar-refractivity contribution in [2.24, 2.45) is 7.05 Å². The van der Waals surface area contributed by atoms with Crippen LogP contribution in [0.15, 0.2) is 48.8 Å². The Labute approximate surface area is 150 Å². The number of H-pyrrole nitrogens is 1. The molecule has 6 heteroatoms. The van der Waals surface area contributed by atoms with E-state index >= 15 is 0 Å². The lowest BCUT2D eigenvalue weighted by molar-refractivity contribution is 0.102. The van der Waals surface area contributed by atoms with Crippen molar-refractivity contribution >= 4 is 22.5 Å². The number of aromatic nitrogens is 4. The van der Waals surface area contributed by atoms with E-state index in [1.165, 1.54) is 0 Å². The van der Waals surface area contributed by atoms with Crippen LogP contribution in [0.5, 0.6) is 0 Å². The maximum Gasteiger partial charge on any atom is 0.255 e. The molecular weight excluding hydrogens is 326 g/mol. The van der Waals surface area contributed by atoms with Gasteiger partial charge < -0.3 is 14.9 Å². The van der Waals surface area contributed by atoms with Crippen molar-refractivity contribution in [3.63, 3.8) is 0 Å². The molecule has 4 rings (SSSR count). The van der Waals surface area contributed by atoms with Crippen molar-refractivity contribution in [1.29, 1.82) is 0 Å².